The summed E-state index contributed by atoms with van der Waals surface area (Å²) in [5, 5.41) is 3.61. The molecule has 2 fully saturated rings. The molecule has 3 rings (SSSR count). The lowest BCUT2D eigenvalue weighted by Crippen LogP contribution is -2.41. The summed E-state index contributed by atoms with van der Waals surface area (Å²) in [4.78, 5) is 0. The lowest BCUT2D eigenvalue weighted by atomic mass is 9.74. The summed E-state index contributed by atoms with van der Waals surface area (Å²) in [5.41, 5.74) is 2.99. The van der Waals surface area contributed by atoms with Crippen molar-refractivity contribution >= 4 is 0 Å². The summed E-state index contributed by atoms with van der Waals surface area (Å²) in [7, 11) is 0. The van der Waals surface area contributed by atoms with E-state index in [9.17, 15) is 0 Å². The van der Waals surface area contributed by atoms with Crippen LogP contribution in [0.3, 0.4) is 0 Å². The topological polar surface area (TPSA) is 21.3 Å². The Labute approximate surface area is 116 Å². The Morgan fingerprint density at radius 3 is 2.74 bits per heavy atom. The number of nitrogens with one attached hydrogen (secondary N) is 1. The van der Waals surface area contributed by atoms with Crippen LogP contribution in [0.1, 0.15) is 42.7 Å². The van der Waals surface area contributed by atoms with Gasteiger partial charge in [-0.05, 0) is 55.6 Å². The maximum atomic E-state index is 5.64. The summed E-state index contributed by atoms with van der Waals surface area (Å²) in [6.07, 6.45) is 5.34. The molecule has 2 aliphatic carbocycles. The Hall–Kier alpha value is -0.860. The third kappa shape index (κ3) is 3.58. The lowest BCUT2D eigenvalue weighted by Gasteiger charge is -2.37. The second-order valence-electron chi connectivity index (χ2n) is 6.19. The summed E-state index contributed by atoms with van der Waals surface area (Å²) >= 11 is 0. The second-order valence-corrected chi connectivity index (χ2v) is 6.19. The molecule has 104 valence electrons. The van der Waals surface area contributed by atoms with E-state index in [1.165, 1.54) is 31.2 Å². The van der Waals surface area contributed by atoms with Crippen LogP contribution in [0.25, 0.3) is 0 Å². The smallest absolute Gasteiger partial charge is 0.0591 e. The molecule has 0 radical (unpaired) electrons. The molecular formula is C17H25NO. The van der Waals surface area contributed by atoms with E-state index in [4.69, 9.17) is 4.74 Å². The molecule has 19 heavy (non-hydrogen) atoms. The van der Waals surface area contributed by atoms with Crippen LogP contribution in [0.15, 0.2) is 24.3 Å². The number of benzene rings is 1. The van der Waals surface area contributed by atoms with Gasteiger partial charge >= 0.3 is 0 Å². The van der Waals surface area contributed by atoms with Gasteiger partial charge in [-0.2, -0.15) is 0 Å². The molecule has 1 N–H and O–H groups in total. The minimum Gasteiger partial charge on any atom is -0.380 e. The van der Waals surface area contributed by atoms with Gasteiger partial charge in [0.05, 0.1) is 6.61 Å². The molecule has 1 aromatic rings. The van der Waals surface area contributed by atoms with E-state index in [1.54, 1.807) is 5.56 Å². The molecule has 0 heterocycles. The summed E-state index contributed by atoms with van der Waals surface area (Å²) in [6.45, 7) is 5.10. The van der Waals surface area contributed by atoms with Gasteiger partial charge in [-0.1, -0.05) is 24.3 Å². The Morgan fingerprint density at radius 2 is 2.00 bits per heavy atom. The van der Waals surface area contributed by atoms with Crippen LogP contribution in [0.4, 0.5) is 0 Å². The number of ether oxygens (including phenoxy) is 1. The molecule has 0 saturated heterocycles. The molecule has 2 aliphatic rings. The van der Waals surface area contributed by atoms with Gasteiger partial charge in [0.15, 0.2) is 0 Å². The number of hydrogen-bond donors (Lipinski definition) is 1. The number of hydrogen-bond acceptors (Lipinski definition) is 2. The molecule has 2 nitrogen and oxygen atoms in total. The van der Waals surface area contributed by atoms with Gasteiger partial charge in [0, 0.05) is 19.2 Å². The highest BCUT2D eigenvalue weighted by atomic mass is 16.5. The predicted molar refractivity (Wildman–Crippen MR) is 78.5 cm³/mol. The Kier molecular flexibility index (Phi) is 4.19. The average Bonchev–Trinajstić information content (AvgIpc) is 3.17. The predicted octanol–water partition coefficient (Wildman–Crippen LogP) is 3.26. The van der Waals surface area contributed by atoms with E-state index in [0.717, 1.165) is 31.6 Å². The Bertz CT molecular complexity index is 407. The maximum Gasteiger partial charge on any atom is 0.0591 e. The van der Waals surface area contributed by atoms with Gasteiger partial charge in [-0.25, -0.2) is 0 Å². The quantitative estimate of drug-likeness (QED) is 0.759. The summed E-state index contributed by atoms with van der Waals surface area (Å²) < 4.78 is 5.64. The highest BCUT2D eigenvalue weighted by Gasteiger charge is 2.30. The van der Waals surface area contributed by atoms with Crippen molar-refractivity contribution < 1.29 is 4.74 Å². The standard InChI is InChI=1S/C17H25NO/c1-13-4-2-3-5-17(13)15-10-16(11-15)18-8-9-19-12-14-6-7-14/h2-5,14-16,18H,6-12H2,1H3. The first-order valence-corrected chi connectivity index (χ1v) is 7.69. The normalized spacial score (nSPS) is 26.2. The minimum absolute atomic E-state index is 0.703. The van der Waals surface area contributed by atoms with E-state index in [2.05, 4.69) is 36.5 Å². The molecule has 0 atom stereocenters. The van der Waals surface area contributed by atoms with Crippen LogP contribution in [0.2, 0.25) is 0 Å². The fourth-order valence-electron chi connectivity index (χ4n) is 2.95. The minimum atomic E-state index is 0.703. The molecule has 0 aromatic heterocycles. The molecule has 0 spiro atoms. The van der Waals surface area contributed by atoms with E-state index >= 15 is 0 Å². The van der Waals surface area contributed by atoms with Gasteiger partial charge in [-0.3, -0.25) is 0 Å². The SMILES string of the molecule is Cc1ccccc1C1CC(NCCOCC2CC2)C1. The first-order valence-electron chi connectivity index (χ1n) is 7.69. The van der Waals surface area contributed by atoms with Crippen LogP contribution >= 0.6 is 0 Å². The van der Waals surface area contributed by atoms with Crippen molar-refractivity contribution in [2.24, 2.45) is 5.92 Å². The van der Waals surface area contributed by atoms with Gasteiger partial charge in [0.2, 0.25) is 0 Å². The van der Waals surface area contributed by atoms with E-state index in [1.807, 2.05) is 0 Å². The first kappa shape index (κ1) is 13.1. The van der Waals surface area contributed by atoms with Crippen LogP contribution in [-0.4, -0.2) is 25.8 Å². The van der Waals surface area contributed by atoms with Gasteiger partial charge in [0.1, 0.15) is 0 Å². The van der Waals surface area contributed by atoms with Crippen LogP contribution in [0.5, 0.6) is 0 Å². The van der Waals surface area contributed by atoms with E-state index < -0.39 is 0 Å². The lowest BCUT2D eigenvalue weighted by molar-refractivity contribution is 0.120. The van der Waals surface area contributed by atoms with Crippen molar-refractivity contribution in [3.05, 3.63) is 35.4 Å². The van der Waals surface area contributed by atoms with Crippen molar-refractivity contribution in [2.75, 3.05) is 19.8 Å². The average molecular weight is 259 g/mol. The third-order valence-electron chi connectivity index (χ3n) is 4.50. The molecule has 0 bridgehead atoms. The molecule has 2 heteroatoms. The van der Waals surface area contributed by atoms with Gasteiger partial charge < -0.3 is 10.1 Å². The molecule has 0 amide bonds. The fourth-order valence-corrected chi connectivity index (χ4v) is 2.95. The number of aryl methyl sites for hydroxylation is 1. The Balaban J connectivity index is 1.30. The highest BCUT2D eigenvalue weighted by Crippen LogP contribution is 2.38. The molecule has 1 aromatic carbocycles. The van der Waals surface area contributed by atoms with Crippen LogP contribution in [-0.2, 0) is 4.74 Å². The van der Waals surface area contributed by atoms with Crippen LogP contribution in [0, 0.1) is 12.8 Å². The van der Waals surface area contributed by atoms with Gasteiger partial charge in [-0.15, -0.1) is 0 Å². The highest BCUT2D eigenvalue weighted by molar-refractivity contribution is 5.31. The second kappa shape index (κ2) is 6.06. The Morgan fingerprint density at radius 1 is 1.21 bits per heavy atom. The zero-order valence-corrected chi connectivity index (χ0v) is 11.9. The molecular weight excluding hydrogens is 234 g/mol. The molecule has 2 saturated carbocycles. The first-order chi connectivity index (χ1) is 9.33. The zero-order valence-electron chi connectivity index (χ0n) is 11.9. The maximum absolute atomic E-state index is 5.64. The van der Waals surface area contributed by atoms with Crippen molar-refractivity contribution in [3.8, 4) is 0 Å². The number of rotatable bonds is 7. The fraction of sp³-hybridized carbons (Fsp3) is 0.647. The van der Waals surface area contributed by atoms with Crippen LogP contribution < -0.4 is 5.32 Å². The monoisotopic (exact) mass is 259 g/mol. The summed E-state index contributed by atoms with van der Waals surface area (Å²) in [6, 6.07) is 9.50. The van der Waals surface area contributed by atoms with E-state index in [0.29, 0.717) is 6.04 Å². The largest absolute Gasteiger partial charge is 0.380 e. The van der Waals surface area contributed by atoms with Crippen molar-refractivity contribution in [1.82, 2.24) is 5.32 Å². The zero-order chi connectivity index (χ0) is 13.1. The van der Waals surface area contributed by atoms with Crippen molar-refractivity contribution in [2.45, 2.75) is 44.6 Å². The van der Waals surface area contributed by atoms with Gasteiger partial charge in [0.25, 0.3) is 0 Å². The third-order valence-corrected chi connectivity index (χ3v) is 4.50. The molecule has 0 unspecified atom stereocenters. The molecule has 0 aliphatic heterocycles. The van der Waals surface area contributed by atoms with Crippen molar-refractivity contribution in [3.63, 3.8) is 0 Å². The van der Waals surface area contributed by atoms with E-state index in [-0.39, 0.29) is 0 Å². The van der Waals surface area contributed by atoms with Crippen molar-refractivity contribution in [1.29, 1.82) is 0 Å². The summed E-state index contributed by atoms with van der Waals surface area (Å²) in [5.74, 6) is 1.65.